The highest BCUT2D eigenvalue weighted by Crippen LogP contribution is 2.23. The summed E-state index contributed by atoms with van der Waals surface area (Å²) in [4.78, 5) is 12.1. The molecule has 0 saturated heterocycles. The van der Waals surface area contributed by atoms with Crippen LogP contribution in [0.2, 0.25) is 0 Å². The standard InChI is InChI=1S/C15H9BrFN3O2/c16-11-6-1-2-7-12(11)18-13(21)15-20-19-14(22-15)9-4-3-5-10(17)8-9/h1-8H,(H,18,21). The number of hydrogen-bond donors (Lipinski definition) is 1. The molecule has 0 fully saturated rings. The van der Waals surface area contributed by atoms with E-state index in [1.165, 1.54) is 18.2 Å². The van der Waals surface area contributed by atoms with Gasteiger partial charge in [-0.05, 0) is 46.3 Å². The number of aromatic nitrogens is 2. The van der Waals surface area contributed by atoms with Gasteiger partial charge in [-0.3, -0.25) is 4.79 Å². The summed E-state index contributed by atoms with van der Waals surface area (Å²) in [5.74, 6) is -1.08. The minimum Gasteiger partial charge on any atom is -0.412 e. The third-order valence-corrected chi connectivity index (χ3v) is 3.50. The molecule has 0 spiro atoms. The molecule has 5 nitrogen and oxygen atoms in total. The summed E-state index contributed by atoms with van der Waals surface area (Å²) in [5, 5.41) is 10.1. The van der Waals surface area contributed by atoms with E-state index in [4.69, 9.17) is 4.42 Å². The van der Waals surface area contributed by atoms with E-state index in [1.807, 2.05) is 6.07 Å². The van der Waals surface area contributed by atoms with E-state index in [1.54, 1.807) is 24.3 Å². The number of nitrogens with zero attached hydrogens (tertiary/aromatic N) is 2. The molecule has 22 heavy (non-hydrogen) atoms. The Morgan fingerprint density at radius 3 is 2.73 bits per heavy atom. The molecule has 1 amide bonds. The smallest absolute Gasteiger partial charge is 0.313 e. The molecule has 7 heteroatoms. The van der Waals surface area contributed by atoms with Gasteiger partial charge in [-0.25, -0.2) is 4.39 Å². The van der Waals surface area contributed by atoms with Gasteiger partial charge in [-0.1, -0.05) is 18.2 Å². The van der Waals surface area contributed by atoms with Crippen molar-refractivity contribution in [3.8, 4) is 11.5 Å². The van der Waals surface area contributed by atoms with Crippen molar-refractivity contribution in [2.75, 3.05) is 5.32 Å². The van der Waals surface area contributed by atoms with Gasteiger partial charge in [0.25, 0.3) is 0 Å². The van der Waals surface area contributed by atoms with Crippen molar-refractivity contribution < 1.29 is 13.6 Å². The Morgan fingerprint density at radius 1 is 1.14 bits per heavy atom. The quantitative estimate of drug-likeness (QED) is 0.768. The molecule has 0 bridgehead atoms. The molecule has 1 aromatic heterocycles. The van der Waals surface area contributed by atoms with E-state index in [0.717, 1.165) is 4.47 Å². The van der Waals surface area contributed by atoms with Crippen LogP contribution >= 0.6 is 15.9 Å². The maximum Gasteiger partial charge on any atom is 0.313 e. The Morgan fingerprint density at radius 2 is 1.95 bits per heavy atom. The molecular weight excluding hydrogens is 353 g/mol. The second kappa shape index (κ2) is 6.07. The number of halogens is 2. The summed E-state index contributed by atoms with van der Waals surface area (Å²) in [6.45, 7) is 0. The Balaban J connectivity index is 1.82. The second-order valence-corrected chi connectivity index (χ2v) is 5.21. The normalized spacial score (nSPS) is 10.5. The topological polar surface area (TPSA) is 68.0 Å². The van der Waals surface area contributed by atoms with E-state index in [9.17, 15) is 9.18 Å². The zero-order valence-electron chi connectivity index (χ0n) is 11.1. The number of hydrogen-bond acceptors (Lipinski definition) is 4. The van der Waals surface area contributed by atoms with Crippen LogP contribution in [0.5, 0.6) is 0 Å². The first-order valence-corrected chi connectivity index (χ1v) is 7.08. The van der Waals surface area contributed by atoms with E-state index in [0.29, 0.717) is 11.3 Å². The number of carbonyl (C=O) groups is 1. The van der Waals surface area contributed by atoms with Crippen molar-refractivity contribution in [2.24, 2.45) is 0 Å². The predicted molar refractivity (Wildman–Crippen MR) is 81.8 cm³/mol. The van der Waals surface area contributed by atoms with Gasteiger partial charge in [0.05, 0.1) is 5.69 Å². The minimum absolute atomic E-state index is 0.0803. The molecule has 1 N–H and O–H groups in total. The Labute approximate surface area is 133 Å². The first kappa shape index (κ1) is 14.4. The third kappa shape index (κ3) is 3.04. The van der Waals surface area contributed by atoms with Crippen LogP contribution < -0.4 is 5.32 Å². The van der Waals surface area contributed by atoms with Crippen LogP contribution in [0.3, 0.4) is 0 Å². The van der Waals surface area contributed by atoms with Gasteiger partial charge in [-0.2, -0.15) is 0 Å². The van der Waals surface area contributed by atoms with Gasteiger partial charge in [0.2, 0.25) is 5.89 Å². The fourth-order valence-electron chi connectivity index (χ4n) is 1.79. The fraction of sp³-hybridized carbons (Fsp3) is 0. The highest BCUT2D eigenvalue weighted by Gasteiger charge is 2.17. The molecule has 3 aromatic rings. The molecule has 0 aliphatic rings. The lowest BCUT2D eigenvalue weighted by molar-refractivity contribution is 0.0991. The van der Waals surface area contributed by atoms with Crippen LogP contribution in [0.25, 0.3) is 11.5 Å². The van der Waals surface area contributed by atoms with Crippen molar-refractivity contribution in [2.45, 2.75) is 0 Å². The lowest BCUT2D eigenvalue weighted by Crippen LogP contribution is -2.12. The third-order valence-electron chi connectivity index (χ3n) is 2.81. The van der Waals surface area contributed by atoms with Gasteiger partial charge in [-0.15, -0.1) is 10.2 Å². The lowest BCUT2D eigenvalue weighted by Gasteiger charge is -2.03. The van der Waals surface area contributed by atoms with E-state index in [2.05, 4.69) is 31.4 Å². The number of benzene rings is 2. The summed E-state index contributed by atoms with van der Waals surface area (Å²) >= 11 is 3.32. The average Bonchev–Trinajstić information content (AvgIpc) is 2.99. The summed E-state index contributed by atoms with van der Waals surface area (Å²) in [6, 6.07) is 12.8. The van der Waals surface area contributed by atoms with Gasteiger partial charge < -0.3 is 9.73 Å². The van der Waals surface area contributed by atoms with Crippen molar-refractivity contribution in [1.29, 1.82) is 0 Å². The van der Waals surface area contributed by atoms with Gasteiger partial charge in [0, 0.05) is 10.0 Å². The van der Waals surface area contributed by atoms with Crippen molar-refractivity contribution in [3.05, 3.63) is 64.7 Å². The Kier molecular flexibility index (Phi) is 3.97. The van der Waals surface area contributed by atoms with Crippen LogP contribution in [-0.4, -0.2) is 16.1 Å². The molecule has 0 aliphatic heterocycles. The molecule has 0 atom stereocenters. The zero-order chi connectivity index (χ0) is 15.5. The van der Waals surface area contributed by atoms with E-state index >= 15 is 0 Å². The van der Waals surface area contributed by atoms with E-state index in [-0.39, 0.29) is 11.8 Å². The summed E-state index contributed by atoms with van der Waals surface area (Å²) in [7, 11) is 0. The fourth-order valence-corrected chi connectivity index (χ4v) is 2.18. The van der Waals surface area contributed by atoms with Crippen LogP contribution in [0, 0.1) is 5.82 Å². The van der Waals surface area contributed by atoms with E-state index < -0.39 is 11.7 Å². The predicted octanol–water partition coefficient (Wildman–Crippen LogP) is 3.89. The number of carbonyl (C=O) groups excluding carboxylic acids is 1. The zero-order valence-corrected chi connectivity index (χ0v) is 12.7. The Hall–Kier alpha value is -2.54. The monoisotopic (exact) mass is 361 g/mol. The largest absolute Gasteiger partial charge is 0.412 e. The molecular formula is C15H9BrFN3O2. The Bertz CT molecular complexity index is 835. The van der Waals surface area contributed by atoms with Crippen LogP contribution in [0.4, 0.5) is 10.1 Å². The number of anilines is 1. The second-order valence-electron chi connectivity index (χ2n) is 4.36. The maximum absolute atomic E-state index is 13.2. The molecule has 3 rings (SSSR count). The van der Waals surface area contributed by atoms with Crippen molar-refractivity contribution in [1.82, 2.24) is 10.2 Å². The van der Waals surface area contributed by atoms with Gasteiger partial charge >= 0.3 is 11.8 Å². The summed E-state index contributed by atoms with van der Waals surface area (Å²) in [6.07, 6.45) is 0. The van der Waals surface area contributed by atoms with Gasteiger partial charge in [0.15, 0.2) is 0 Å². The minimum atomic E-state index is -0.540. The number of amides is 1. The first-order chi connectivity index (χ1) is 10.6. The first-order valence-electron chi connectivity index (χ1n) is 6.29. The van der Waals surface area contributed by atoms with Crippen molar-refractivity contribution in [3.63, 3.8) is 0 Å². The summed E-state index contributed by atoms with van der Waals surface area (Å²) in [5.41, 5.74) is 0.991. The maximum atomic E-state index is 13.2. The van der Waals surface area contributed by atoms with Crippen LogP contribution in [0.15, 0.2) is 57.4 Å². The lowest BCUT2D eigenvalue weighted by atomic mass is 10.2. The molecule has 2 aromatic carbocycles. The van der Waals surface area contributed by atoms with Crippen LogP contribution in [-0.2, 0) is 0 Å². The molecule has 110 valence electrons. The van der Waals surface area contributed by atoms with Crippen molar-refractivity contribution >= 4 is 27.5 Å². The summed E-state index contributed by atoms with van der Waals surface area (Å²) < 4.78 is 19.2. The molecule has 0 radical (unpaired) electrons. The van der Waals surface area contributed by atoms with Crippen LogP contribution in [0.1, 0.15) is 10.7 Å². The molecule has 0 unspecified atom stereocenters. The number of nitrogens with one attached hydrogen (secondary N) is 1. The molecule has 0 saturated carbocycles. The molecule has 0 aliphatic carbocycles. The highest BCUT2D eigenvalue weighted by molar-refractivity contribution is 9.10. The number of rotatable bonds is 3. The van der Waals surface area contributed by atoms with Gasteiger partial charge in [0.1, 0.15) is 5.82 Å². The SMILES string of the molecule is O=C(Nc1ccccc1Br)c1nnc(-c2cccc(F)c2)o1. The number of para-hydroxylation sites is 1. The molecule has 1 heterocycles. The highest BCUT2D eigenvalue weighted by atomic mass is 79.9. The average molecular weight is 362 g/mol.